The minimum atomic E-state index is -0.655. The van der Waals surface area contributed by atoms with Crippen LogP contribution in [0.15, 0.2) is 48.5 Å². The first kappa shape index (κ1) is 16.2. The molecule has 0 spiro atoms. The van der Waals surface area contributed by atoms with E-state index in [9.17, 15) is 14.3 Å². The fourth-order valence-electron chi connectivity index (χ4n) is 2.39. The van der Waals surface area contributed by atoms with Crippen molar-refractivity contribution in [3.8, 4) is 0 Å². The van der Waals surface area contributed by atoms with Crippen LogP contribution < -0.4 is 5.32 Å². The number of carbonyl (C=O) groups is 1. The molecule has 4 heteroatoms. The van der Waals surface area contributed by atoms with E-state index in [0.717, 1.165) is 5.56 Å². The minimum Gasteiger partial charge on any atom is -0.389 e. The van der Waals surface area contributed by atoms with Gasteiger partial charge >= 0.3 is 0 Å². The van der Waals surface area contributed by atoms with Gasteiger partial charge in [-0.1, -0.05) is 37.3 Å². The van der Waals surface area contributed by atoms with Gasteiger partial charge in [0, 0.05) is 17.7 Å². The van der Waals surface area contributed by atoms with Gasteiger partial charge in [-0.15, -0.1) is 0 Å². The standard InChI is InChI=1S/C18H20FNO2/c1-12(14-6-5-7-15(19)11-14)10-18(22)20-17-9-4-3-8-16(17)13(2)21/h3-9,11-13,21H,10H2,1-2H3,(H,20,22)/t12-,13-/m0/s1. The van der Waals surface area contributed by atoms with Crippen molar-refractivity contribution in [2.24, 2.45) is 0 Å². The van der Waals surface area contributed by atoms with E-state index in [-0.39, 0.29) is 24.1 Å². The number of anilines is 1. The van der Waals surface area contributed by atoms with Crippen molar-refractivity contribution in [3.63, 3.8) is 0 Å². The maximum absolute atomic E-state index is 13.2. The number of benzene rings is 2. The normalized spacial score (nSPS) is 13.5. The van der Waals surface area contributed by atoms with Crippen molar-refractivity contribution in [1.82, 2.24) is 0 Å². The lowest BCUT2D eigenvalue weighted by molar-refractivity contribution is -0.116. The number of hydrogen-bond donors (Lipinski definition) is 2. The first-order chi connectivity index (χ1) is 10.5. The van der Waals surface area contributed by atoms with Gasteiger partial charge in [-0.2, -0.15) is 0 Å². The highest BCUT2D eigenvalue weighted by Crippen LogP contribution is 2.24. The zero-order valence-electron chi connectivity index (χ0n) is 12.7. The second kappa shape index (κ2) is 7.18. The van der Waals surface area contributed by atoms with Gasteiger partial charge in [-0.3, -0.25) is 4.79 Å². The lowest BCUT2D eigenvalue weighted by atomic mass is 9.97. The number of amides is 1. The summed E-state index contributed by atoms with van der Waals surface area (Å²) in [7, 11) is 0. The van der Waals surface area contributed by atoms with E-state index < -0.39 is 6.10 Å². The molecular formula is C18H20FNO2. The molecule has 0 saturated heterocycles. The number of halogens is 1. The van der Waals surface area contributed by atoms with Crippen LogP contribution in [-0.2, 0) is 4.79 Å². The van der Waals surface area contributed by atoms with Crippen LogP contribution in [0.25, 0.3) is 0 Å². The minimum absolute atomic E-state index is 0.0885. The highest BCUT2D eigenvalue weighted by molar-refractivity contribution is 5.92. The summed E-state index contributed by atoms with van der Waals surface area (Å²) < 4.78 is 13.2. The largest absolute Gasteiger partial charge is 0.389 e. The summed E-state index contributed by atoms with van der Waals surface area (Å²) in [4.78, 5) is 12.2. The van der Waals surface area contributed by atoms with E-state index in [1.807, 2.05) is 19.1 Å². The van der Waals surface area contributed by atoms with E-state index in [1.165, 1.54) is 12.1 Å². The summed E-state index contributed by atoms with van der Waals surface area (Å²) in [5.74, 6) is -0.552. The van der Waals surface area contributed by atoms with Crippen LogP contribution in [0, 0.1) is 5.82 Å². The molecule has 0 fully saturated rings. The smallest absolute Gasteiger partial charge is 0.224 e. The number of nitrogens with one attached hydrogen (secondary N) is 1. The fraction of sp³-hybridized carbons (Fsp3) is 0.278. The molecule has 0 aliphatic rings. The summed E-state index contributed by atoms with van der Waals surface area (Å²) in [6.45, 7) is 3.54. The number of hydrogen-bond acceptors (Lipinski definition) is 2. The molecule has 0 bridgehead atoms. The van der Waals surface area contributed by atoms with Crippen LogP contribution in [0.2, 0.25) is 0 Å². The van der Waals surface area contributed by atoms with E-state index in [1.54, 1.807) is 31.2 Å². The molecule has 116 valence electrons. The maximum Gasteiger partial charge on any atom is 0.224 e. The van der Waals surface area contributed by atoms with Crippen LogP contribution in [0.4, 0.5) is 10.1 Å². The van der Waals surface area contributed by atoms with Crippen molar-refractivity contribution in [3.05, 3.63) is 65.5 Å². The molecule has 1 amide bonds. The molecule has 2 aromatic rings. The van der Waals surface area contributed by atoms with Crippen molar-refractivity contribution in [2.75, 3.05) is 5.32 Å². The number of para-hydroxylation sites is 1. The fourth-order valence-corrected chi connectivity index (χ4v) is 2.39. The number of aliphatic hydroxyl groups is 1. The second-order valence-corrected chi connectivity index (χ2v) is 5.47. The lowest BCUT2D eigenvalue weighted by Gasteiger charge is -2.15. The molecule has 0 aromatic heterocycles. The third-order valence-electron chi connectivity index (χ3n) is 3.59. The lowest BCUT2D eigenvalue weighted by Crippen LogP contribution is -2.16. The number of aliphatic hydroxyl groups excluding tert-OH is 1. The predicted molar refractivity (Wildman–Crippen MR) is 85.1 cm³/mol. The van der Waals surface area contributed by atoms with E-state index in [0.29, 0.717) is 11.3 Å². The molecule has 2 aromatic carbocycles. The van der Waals surface area contributed by atoms with Gasteiger partial charge in [0.2, 0.25) is 5.91 Å². The van der Waals surface area contributed by atoms with Gasteiger partial charge in [0.25, 0.3) is 0 Å². The number of rotatable bonds is 5. The Morgan fingerprint density at radius 1 is 1.18 bits per heavy atom. The Balaban J connectivity index is 2.04. The molecule has 0 aliphatic heterocycles. The summed E-state index contributed by atoms with van der Waals surface area (Å²) >= 11 is 0. The molecule has 0 radical (unpaired) electrons. The maximum atomic E-state index is 13.2. The molecule has 3 nitrogen and oxygen atoms in total. The average Bonchev–Trinajstić information content (AvgIpc) is 2.47. The molecule has 0 aliphatic carbocycles. The molecule has 0 saturated carbocycles. The number of carbonyl (C=O) groups excluding carboxylic acids is 1. The molecule has 2 rings (SSSR count). The Labute approximate surface area is 129 Å². The summed E-state index contributed by atoms with van der Waals surface area (Å²) in [5, 5.41) is 12.5. The van der Waals surface area contributed by atoms with E-state index >= 15 is 0 Å². The Hall–Kier alpha value is -2.20. The molecule has 2 atom stereocenters. The van der Waals surface area contributed by atoms with Crippen LogP contribution in [0.5, 0.6) is 0 Å². The molecule has 0 heterocycles. The monoisotopic (exact) mass is 301 g/mol. The van der Waals surface area contributed by atoms with Crippen LogP contribution >= 0.6 is 0 Å². The van der Waals surface area contributed by atoms with E-state index in [2.05, 4.69) is 5.32 Å². The third-order valence-corrected chi connectivity index (χ3v) is 3.59. The van der Waals surface area contributed by atoms with Gasteiger partial charge in [-0.05, 0) is 36.6 Å². The predicted octanol–water partition coefficient (Wildman–Crippen LogP) is 4.01. The summed E-state index contributed by atoms with van der Waals surface area (Å²) in [5.41, 5.74) is 2.07. The quantitative estimate of drug-likeness (QED) is 0.876. The summed E-state index contributed by atoms with van der Waals surface area (Å²) in [6, 6.07) is 13.4. The molecule has 2 N–H and O–H groups in total. The molecule has 0 unspecified atom stereocenters. The van der Waals surface area contributed by atoms with E-state index in [4.69, 9.17) is 0 Å². The first-order valence-corrected chi connectivity index (χ1v) is 7.29. The highest BCUT2D eigenvalue weighted by Gasteiger charge is 2.14. The van der Waals surface area contributed by atoms with Gasteiger partial charge < -0.3 is 10.4 Å². The second-order valence-electron chi connectivity index (χ2n) is 5.47. The topological polar surface area (TPSA) is 49.3 Å². The van der Waals surface area contributed by atoms with Gasteiger partial charge in [0.15, 0.2) is 0 Å². The van der Waals surface area contributed by atoms with Crippen molar-refractivity contribution >= 4 is 11.6 Å². The van der Waals surface area contributed by atoms with Crippen LogP contribution in [0.1, 0.15) is 43.4 Å². The Morgan fingerprint density at radius 2 is 1.91 bits per heavy atom. The first-order valence-electron chi connectivity index (χ1n) is 7.29. The molecular weight excluding hydrogens is 281 g/mol. The van der Waals surface area contributed by atoms with Gasteiger partial charge in [-0.25, -0.2) is 4.39 Å². The van der Waals surface area contributed by atoms with Crippen molar-refractivity contribution in [2.45, 2.75) is 32.3 Å². The zero-order valence-corrected chi connectivity index (χ0v) is 12.7. The zero-order chi connectivity index (χ0) is 16.1. The van der Waals surface area contributed by atoms with Crippen LogP contribution in [0.3, 0.4) is 0 Å². The Bertz CT molecular complexity index is 655. The third kappa shape index (κ3) is 4.15. The molecule has 22 heavy (non-hydrogen) atoms. The van der Waals surface area contributed by atoms with Gasteiger partial charge in [0.05, 0.1) is 6.10 Å². The Kier molecular flexibility index (Phi) is 5.28. The SMILES string of the molecule is C[C@H](O)c1ccccc1NC(=O)C[C@H](C)c1cccc(F)c1. The van der Waals surface area contributed by atoms with Crippen molar-refractivity contribution < 1.29 is 14.3 Å². The average molecular weight is 301 g/mol. The van der Waals surface area contributed by atoms with Crippen LogP contribution in [-0.4, -0.2) is 11.0 Å². The Morgan fingerprint density at radius 3 is 2.59 bits per heavy atom. The summed E-state index contributed by atoms with van der Waals surface area (Å²) in [6.07, 6.45) is -0.408. The van der Waals surface area contributed by atoms with Gasteiger partial charge in [0.1, 0.15) is 5.82 Å². The highest BCUT2D eigenvalue weighted by atomic mass is 19.1. The van der Waals surface area contributed by atoms with Crippen molar-refractivity contribution in [1.29, 1.82) is 0 Å².